The number of amides is 2. The number of sulfonamides is 1. The van der Waals surface area contributed by atoms with Gasteiger partial charge in [0.1, 0.15) is 5.82 Å². The van der Waals surface area contributed by atoms with E-state index in [1.54, 1.807) is 0 Å². The van der Waals surface area contributed by atoms with Crippen molar-refractivity contribution in [3.05, 3.63) is 39.1 Å². The molecule has 2 amide bonds. The Kier molecular flexibility index (Phi) is 7.22. The fourth-order valence-electron chi connectivity index (χ4n) is 3.18. The molecule has 0 bridgehead atoms. The lowest BCUT2D eigenvalue weighted by atomic mass is 9.95. The number of Topliss-reactive ketones (excluding diaryl/α,β-unsaturated/α-hetero) is 1. The van der Waals surface area contributed by atoms with Gasteiger partial charge in [0.25, 0.3) is 0 Å². The van der Waals surface area contributed by atoms with Gasteiger partial charge in [-0.15, -0.1) is 0 Å². The summed E-state index contributed by atoms with van der Waals surface area (Å²) in [6, 6.07) is 3.03. The molecule has 0 atom stereocenters. The maximum absolute atomic E-state index is 13.7. The molecule has 2 aromatic rings. The van der Waals surface area contributed by atoms with E-state index in [2.05, 4.69) is 36.3 Å². The lowest BCUT2D eigenvalue weighted by molar-refractivity contribution is 0.0923. The van der Waals surface area contributed by atoms with Crippen molar-refractivity contribution >= 4 is 59.9 Å². The van der Waals surface area contributed by atoms with Crippen molar-refractivity contribution in [3.63, 3.8) is 0 Å². The highest BCUT2D eigenvalue weighted by Gasteiger charge is 2.26. The van der Waals surface area contributed by atoms with E-state index in [0.29, 0.717) is 9.48 Å². The molecule has 1 aromatic heterocycles. The van der Waals surface area contributed by atoms with Crippen LogP contribution in [0.3, 0.4) is 0 Å². The van der Waals surface area contributed by atoms with Gasteiger partial charge >= 0.3 is 6.03 Å². The molecule has 0 unspecified atom stereocenters. The normalized spacial score (nSPS) is 14.6. The summed E-state index contributed by atoms with van der Waals surface area (Å²) in [5.41, 5.74) is 0.787. The number of ketones is 1. The lowest BCUT2D eigenvalue weighted by Gasteiger charge is -2.14. The number of carbonyl (C=O) groups is 2. The molecule has 1 saturated carbocycles. The number of anilines is 2. The van der Waals surface area contributed by atoms with E-state index in [4.69, 9.17) is 0 Å². The van der Waals surface area contributed by atoms with Gasteiger partial charge in [-0.25, -0.2) is 27.3 Å². The highest BCUT2D eigenvalue weighted by Crippen LogP contribution is 2.31. The van der Waals surface area contributed by atoms with Crippen LogP contribution in [0, 0.1) is 11.7 Å². The number of nitrogens with one attached hydrogen (secondary N) is 3. The van der Waals surface area contributed by atoms with E-state index in [0.717, 1.165) is 49.3 Å². The highest BCUT2D eigenvalue weighted by molar-refractivity contribution is 9.11. The molecule has 1 aromatic carbocycles. The molecule has 12 heteroatoms. The molecule has 0 spiro atoms. The van der Waals surface area contributed by atoms with Crippen LogP contribution in [0.15, 0.2) is 22.0 Å². The van der Waals surface area contributed by atoms with Gasteiger partial charge in [-0.2, -0.15) is 0 Å². The number of rotatable bonds is 7. The summed E-state index contributed by atoms with van der Waals surface area (Å²) in [6.45, 7) is -0.0305. The second-order valence-electron chi connectivity index (χ2n) is 6.95. The maximum atomic E-state index is 13.7. The van der Waals surface area contributed by atoms with Crippen molar-refractivity contribution < 1.29 is 22.4 Å². The van der Waals surface area contributed by atoms with Gasteiger partial charge in [0, 0.05) is 11.5 Å². The van der Waals surface area contributed by atoms with E-state index < -0.39 is 21.9 Å². The summed E-state index contributed by atoms with van der Waals surface area (Å²) in [5.74, 6) is -0.877. The number of aromatic nitrogens is 1. The van der Waals surface area contributed by atoms with Gasteiger partial charge in [-0.3, -0.25) is 10.1 Å². The van der Waals surface area contributed by atoms with Gasteiger partial charge in [-0.1, -0.05) is 24.2 Å². The van der Waals surface area contributed by atoms with E-state index in [9.17, 15) is 22.4 Å². The molecule has 3 rings (SSSR count). The molecule has 0 aliphatic heterocycles. The Morgan fingerprint density at radius 2 is 1.97 bits per heavy atom. The molecule has 30 heavy (non-hydrogen) atoms. The van der Waals surface area contributed by atoms with Gasteiger partial charge in [0.05, 0.1) is 28.0 Å². The quantitative estimate of drug-likeness (QED) is 0.476. The Morgan fingerprint density at radius 3 is 2.63 bits per heavy atom. The molecule has 3 N–H and O–H groups in total. The first-order valence-electron chi connectivity index (χ1n) is 9.14. The molecular weight excluding hydrogens is 499 g/mol. The zero-order valence-electron chi connectivity index (χ0n) is 16.0. The van der Waals surface area contributed by atoms with Crippen LogP contribution < -0.4 is 15.4 Å². The van der Waals surface area contributed by atoms with Crippen LogP contribution in [-0.2, 0) is 16.6 Å². The molecular formula is C18H20BrFN4O4S2. The fraction of sp³-hybridized carbons (Fsp3) is 0.389. The summed E-state index contributed by atoms with van der Waals surface area (Å²) >= 11 is 4.39. The molecule has 1 fully saturated rings. The average molecular weight is 519 g/mol. The third-order valence-corrected chi connectivity index (χ3v) is 7.01. The fourth-order valence-corrected chi connectivity index (χ4v) is 4.98. The zero-order chi connectivity index (χ0) is 21.9. The van der Waals surface area contributed by atoms with Crippen molar-refractivity contribution in [3.8, 4) is 0 Å². The summed E-state index contributed by atoms with van der Waals surface area (Å²) in [7, 11) is -3.39. The number of halogens is 2. The Labute approximate surface area is 185 Å². The molecule has 0 radical (unpaired) electrons. The summed E-state index contributed by atoms with van der Waals surface area (Å²) in [4.78, 5) is 29.3. The minimum atomic E-state index is -3.39. The first-order chi connectivity index (χ1) is 14.1. The van der Waals surface area contributed by atoms with Crippen molar-refractivity contribution in [2.75, 3.05) is 16.9 Å². The molecule has 1 aliphatic rings. The van der Waals surface area contributed by atoms with E-state index in [1.807, 2.05) is 0 Å². The van der Waals surface area contributed by atoms with Crippen molar-refractivity contribution in [2.24, 2.45) is 5.92 Å². The lowest BCUT2D eigenvalue weighted by Crippen LogP contribution is -2.23. The second-order valence-corrected chi connectivity index (χ2v) is 11.1. The van der Waals surface area contributed by atoms with Crippen LogP contribution >= 0.6 is 27.3 Å². The van der Waals surface area contributed by atoms with Crippen LogP contribution in [0.1, 0.15) is 41.7 Å². The zero-order valence-corrected chi connectivity index (χ0v) is 19.2. The van der Waals surface area contributed by atoms with E-state index in [1.165, 1.54) is 12.1 Å². The predicted octanol–water partition coefficient (Wildman–Crippen LogP) is 4.11. The predicted molar refractivity (Wildman–Crippen MR) is 117 cm³/mol. The summed E-state index contributed by atoms with van der Waals surface area (Å²) in [5, 5.41) is 5.35. The van der Waals surface area contributed by atoms with Crippen molar-refractivity contribution in [1.29, 1.82) is 0 Å². The molecule has 162 valence electrons. The third kappa shape index (κ3) is 6.06. The van der Waals surface area contributed by atoms with Crippen molar-refractivity contribution in [1.82, 2.24) is 9.71 Å². The molecule has 1 heterocycles. The van der Waals surface area contributed by atoms with Gasteiger partial charge in [-0.05, 0) is 47.0 Å². The van der Waals surface area contributed by atoms with Crippen LogP contribution in [0.5, 0.6) is 0 Å². The van der Waals surface area contributed by atoms with Gasteiger partial charge in [0.2, 0.25) is 10.0 Å². The second kappa shape index (κ2) is 9.50. The van der Waals surface area contributed by atoms with Gasteiger partial charge < -0.3 is 5.32 Å². The smallest absolute Gasteiger partial charge is 0.307 e. The molecule has 0 saturated heterocycles. The van der Waals surface area contributed by atoms with Crippen LogP contribution in [0.4, 0.5) is 20.0 Å². The number of urea groups is 1. The highest BCUT2D eigenvalue weighted by atomic mass is 79.9. The Morgan fingerprint density at radius 1 is 1.27 bits per heavy atom. The van der Waals surface area contributed by atoms with Gasteiger partial charge in [0.15, 0.2) is 10.9 Å². The van der Waals surface area contributed by atoms with Crippen LogP contribution in [0.25, 0.3) is 0 Å². The minimum Gasteiger partial charge on any atom is -0.307 e. The Bertz CT molecular complexity index is 1070. The monoisotopic (exact) mass is 518 g/mol. The molecule has 1 aliphatic carbocycles. The van der Waals surface area contributed by atoms with Crippen LogP contribution in [0.2, 0.25) is 0 Å². The topological polar surface area (TPSA) is 117 Å². The summed E-state index contributed by atoms with van der Waals surface area (Å²) < 4.78 is 39.1. The average Bonchev–Trinajstić information content (AvgIpc) is 3.30. The Hall–Kier alpha value is -1.89. The summed E-state index contributed by atoms with van der Waals surface area (Å²) in [6.07, 6.45) is 4.48. The number of hydrogen-bond acceptors (Lipinski definition) is 6. The largest absolute Gasteiger partial charge is 0.325 e. The first kappa shape index (κ1) is 22.8. The van der Waals surface area contributed by atoms with Crippen LogP contribution in [-0.4, -0.2) is 31.5 Å². The standard InChI is InChI=1S/C18H20BrFN4O4S2/c1-30(27,28)21-9-14-16(19)29-18(23-14)24-17(26)22-13-7-6-11(20)8-12(13)15(25)10-4-2-3-5-10/h6-8,10,21H,2-5,9H2,1H3,(H2,22,23,24,26). The number of thiazole rings is 1. The maximum Gasteiger partial charge on any atom is 0.325 e. The number of benzene rings is 1. The SMILES string of the molecule is CS(=O)(=O)NCc1nc(NC(=O)Nc2ccc(F)cc2C(=O)C2CCCC2)sc1Br. The number of hydrogen-bond donors (Lipinski definition) is 3. The first-order valence-corrected chi connectivity index (χ1v) is 12.6. The van der Waals surface area contributed by atoms with E-state index >= 15 is 0 Å². The van der Waals surface area contributed by atoms with E-state index in [-0.39, 0.29) is 34.6 Å². The number of carbonyl (C=O) groups excluding carboxylic acids is 2. The number of nitrogens with zero attached hydrogens (tertiary/aromatic N) is 1. The minimum absolute atomic E-state index is 0.0305. The molecule has 8 nitrogen and oxygen atoms in total. The Balaban J connectivity index is 1.70. The third-order valence-electron chi connectivity index (χ3n) is 4.59. The van der Waals surface area contributed by atoms with Crippen molar-refractivity contribution in [2.45, 2.75) is 32.2 Å².